The summed E-state index contributed by atoms with van der Waals surface area (Å²) in [6.45, 7) is 0. The number of hydrogen-bond donors (Lipinski definition) is 0. The van der Waals surface area contributed by atoms with E-state index in [1.807, 2.05) is 72.8 Å². The first-order chi connectivity index (χ1) is 21.1. The van der Waals surface area contributed by atoms with Gasteiger partial charge >= 0.3 is 0 Å². The topological polar surface area (TPSA) is 54.7 Å². The van der Waals surface area contributed by atoms with Crippen LogP contribution in [0.2, 0.25) is 0 Å². The van der Waals surface area contributed by atoms with Crippen molar-refractivity contribution >= 4 is 53.9 Å². The van der Waals surface area contributed by atoms with E-state index in [-0.39, 0.29) is 10.9 Å². The van der Waals surface area contributed by atoms with Crippen LogP contribution in [-0.2, 0) is 10.0 Å². The third kappa shape index (κ3) is 4.14. The van der Waals surface area contributed by atoms with Gasteiger partial charge in [-0.3, -0.25) is 5.01 Å². The molecule has 0 saturated heterocycles. The van der Waals surface area contributed by atoms with E-state index in [0.717, 1.165) is 27.7 Å². The second-order valence-corrected chi connectivity index (χ2v) is 12.6. The van der Waals surface area contributed by atoms with Gasteiger partial charge in [0.05, 0.1) is 27.9 Å². The minimum Gasteiger partial charge on any atom is -0.257 e. The summed E-state index contributed by atoms with van der Waals surface area (Å²) in [7, 11) is -3.91. The molecule has 0 radical (unpaired) electrons. The van der Waals surface area contributed by atoms with E-state index in [0.29, 0.717) is 17.3 Å². The number of benzene rings is 6. The van der Waals surface area contributed by atoms with Gasteiger partial charge in [-0.1, -0.05) is 115 Å². The predicted molar refractivity (Wildman–Crippen MR) is 175 cm³/mol. The Morgan fingerprint density at radius 1 is 0.605 bits per heavy atom. The van der Waals surface area contributed by atoms with Gasteiger partial charge in [0.25, 0.3) is 10.0 Å². The molecule has 0 bridgehead atoms. The highest BCUT2D eigenvalue weighted by Gasteiger charge is 2.33. The summed E-state index contributed by atoms with van der Waals surface area (Å²) >= 11 is 0. The molecule has 8 rings (SSSR count). The Morgan fingerprint density at radius 2 is 1.21 bits per heavy atom. The average molecular weight is 578 g/mol. The van der Waals surface area contributed by atoms with Gasteiger partial charge in [0, 0.05) is 29.0 Å². The Labute approximate surface area is 250 Å². The van der Waals surface area contributed by atoms with Crippen molar-refractivity contribution in [3.05, 3.63) is 157 Å². The van der Waals surface area contributed by atoms with E-state index in [2.05, 4.69) is 59.6 Å². The molecule has 0 aliphatic carbocycles. The summed E-state index contributed by atoms with van der Waals surface area (Å²) < 4.78 is 30.1. The Morgan fingerprint density at radius 3 is 2.00 bits per heavy atom. The zero-order valence-electron chi connectivity index (χ0n) is 23.2. The monoisotopic (exact) mass is 577 g/mol. The number of rotatable bonds is 5. The Hall–Kier alpha value is -5.20. The van der Waals surface area contributed by atoms with Gasteiger partial charge in [-0.2, -0.15) is 5.10 Å². The molecule has 0 spiro atoms. The average Bonchev–Trinajstić information content (AvgIpc) is 3.67. The lowest BCUT2D eigenvalue weighted by molar-refractivity contribution is 0.590. The van der Waals surface area contributed by atoms with E-state index < -0.39 is 10.0 Å². The van der Waals surface area contributed by atoms with Crippen LogP contribution in [-0.4, -0.2) is 18.1 Å². The molecular weight excluding hydrogens is 550 g/mol. The number of nitrogens with zero attached hydrogens (tertiary/aromatic N) is 3. The molecule has 5 nitrogen and oxygen atoms in total. The van der Waals surface area contributed by atoms with Crippen LogP contribution in [0.3, 0.4) is 0 Å². The molecule has 0 amide bonds. The summed E-state index contributed by atoms with van der Waals surface area (Å²) in [5.74, 6) is 0. The highest BCUT2D eigenvalue weighted by molar-refractivity contribution is 7.90. The molecule has 1 aromatic heterocycles. The lowest BCUT2D eigenvalue weighted by Crippen LogP contribution is -2.18. The lowest BCUT2D eigenvalue weighted by Gasteiger charge is -2.25. The molecule has 0 N–H and O–H groups in total. The Balaban J connectivity index is 1.31. The molecule has 6 aromatic carbocycles. The molecule has 1 aliphatic heterocycles. The van der Waals surface area contributed by atoms with Crippen molar-refractivity contribution in [1.82, 2.24) is 3.97 Å². The van der Waals surface area contributed by atoms with E-state index in [1.54, 1.807) is 18.3 Å². The molecule has 2 heterocycles. The van der Waals surface area contributed by atoms with Crippen molar-refractivity contribution in [2.24, 2.45) is 5.10 Å². The summed E-state index contributed by atoms with van der Waals surface area (Å²) in [6, 6.07) is 45.7. The van der Waals surface area contributed by atoms with Crippen LogP contribution < -0.4 is 5.01 Å². The first kappa shape index (κ1) is 25.5. The van der Waals surface area contributed by atoms with Gasteiger partial charge < -0.3 is 0 Å². The molecule has 6 heteroatoms. The SMILES string of the molecule is O=S(=O)(c1cccc2ccccc12)n1cc(C2=NN(c3ccccc3)C(c3cccc4ccccc34)C2)c2ccccc21. The van der Waals surface area contributed by atoms with Crippen molar-refractivity contribution in [3.63, 3.8) is 0 Å². The van der Waals surface area contributed by atoms with E-state index in [1.165, 1.54) is 20.3 Å². The van der Waals surface area contributed by atoms with Gasteiger partial charge in [0.2, 0.25) is 0 Å². The maximum absolute atomic E-state index is 14.3. The molecule has 7 aromatic rings. The van der Waals surface area contributed by atoms with Crippen molar-refractivity contribution in [3.8, 4) is 0 Å². The minimum absolute atomic E-state index is 0.0553. The number of fused-ring (bicyclic) bond motifs is 3. The van der Waals surface area contributed by atoms with Crippen LogP contribution in [0.5, 0.6) is 0 Å². The maximum atomic E-state index is 14.3. The molecule has 208 valence electrons. The zero-order valence-corrected chi connectivity index (χ0v) is 24.0. The quantitative estimate of drug-likeness (QED) is 0.206. The third-order valence-corrected chi connectivity index (χ3v) is 10.1. The maximum Gasteiger partial charge on any atom is 0.268 e. The summed E-state index contributed by atoms with van der Waals surface area (Å²) in [4.78, 5) is 0.283. The van der Waals surface area contributed by atoms with Crippen LogP contribution in [0.25, 0.3) is 32.4 Å². The molecule has 1 atom stereocenters. The van der Waals surface area contributed by atoms with Crippen molar-refractivity contribution in [2.75, 3.05) is 5.01 Å². The fourth-order valence-corrected chi connectivity index (χ4v) is 7.97. The first-order valence-electron chi connectivity index (χ1n) is 14.3. The van der Waals surface area contributed by atoms with Gasteiger partial charge in [0.1, 0.15) is 0 Å². The summed E-state index contributed by atoms with van der Waals surface area (Å²) in [6.07, 6.45) is 2.39. The van der Waals surface area contributed by atoms with E-state index in [9.17, 15) is 8.42 Å². The summed E-state index contributed by atoms with van der Waals surface area (Å²) in [5.41, 5.74) is 4.48. The fraction of sp³-hybridized carbons (Fsp3) is 0.0541. The van der Waals surface area contributed by atoms with Crippen molar-refractivity contribution in [2.45, 2.75) is 17.4 Å². The van der Waals surface area contributed by atoms with Crippen LogP contribution in [0.15, 0.2) is 156 Å². The van der Waals surface area contributed by atoms with Crippen molar-refractivity contribution in [1.29, 1.82) is 0 Å². The van der Waals surface area contributed by atoms with E-state index in [4.69, 9.17) is 5.10 Å². The van der Waals surface area contributed by atoms with Crippen LogP contribution in [0.4, 0.5) is 5.69 Å². The molecule has 1 aliphatic rings. The standard InChI is InChI=1S/C37H27N3O2S/c41-43(42,37-23-11-15-27-13-5-7-19-30(27)37)39-25-33(32-20-8-9-22-35(32)39)34-24-36(40(38-34)28-16-2-1-3-17-28)31-21-10-14-26-12-4-6-18-29(26)31/h1-23,25,36H,24H2. The van der Waals surface area contributed by atoms with Gasteiger partial charge in [-0.25, -0.2) is 12.4 Å². The molecular formula is C37H27N3O2S. The predicted octanol–water partition coefficient (Wildman–Crippen LogP) is 8.54. The van der Waals surface area contributed by atoms with Crippen LogP contribution in [0, 0.1) is 0 Å². The zero-order chi connectivity index (χ0) is 29.0. The molecule has 0 fully saturated rings. The third-order valence-electron chi connectivity index (χ3n) is 8.39. The number of anilines is 1. The van der Waals surface area contributed by atoms with E-state index >= 15 is 0 Å². The lowest BCUT2D eigenvalue weighted by atomic mass is 9.94. The van der Waals surface area contributed by atoms with Gasteiger partial charge in [-0.15, -0.1) is 0 Å². The fourth-order valence-electron chi connectivity index (χ4n) is 6.38. The Bertz CT molecular complexity index is 2300. The highest BCUT2D eigenvalue weighted by atomic mass is 32.2. The molecule has 0 saturated carbocycles. The normalized spacial score (nSPS) is 15.4. The van der Waals surface area contributed by atoms with Gasteiger partial charge in [-0.05, 0) is 46.0 Å². The number of aromatic nitrogens is 1. The summed E-state index contributed by atoms with van der Waals surface area (Å²) in [5, 5.41) is 12.1. The Kier molecular flexibility index (Phi) is 5.91. The van der Waals surface area contributed by atoms with Gasteiger partial charge in [0.15, 0.2) is 0 Å². The van der Waals surface area contributed by atoms with Crippen LogP contribution >= 0.6 is 0 Å². The van der Waals surface area contributed by atoms with Crippen molar-refractivity contribution < 1.29 is 8.42 Å². The second-order valence-electron chi connectivity index (χ2n) is 10.9. The number of hydrazone groups is 1. The van der Waals surface area contributed by atoms with Crippen LogP contribution in [0.1, 0.15) is 23.6 Å². The second kappa shape index (κ2) is 9.96. The smallest absolute Gasteiger partial charge is 0.257 e. The number of hydrogen-bond acceptors (Lipinski definition) is 4. The largest absolute Gasteiger partial charge is 0.268 e. The molecule has 1 unspecified atom stereocenters. The number of para-hydroxylation sites is 2. The first-order valence-corrected chi connectivity index (χ1v) is 15.8. The highest BCUT2D eigenvalue weighted by Crippen LogP contribution is 2.41. The minimum atomic E-state index is -3.91. The molecule has 43 heavy (non-hydrogen) atoms.